The molecular formula is C14H22FNO2. The topological polar surface area (TPSA) is 52.5 Å². The van der Waals surface area contributed by atoms with E-state index < -0.39 is 0 Å². The lowest BCUT2D eigenvalue weighted by Gasteiger charge is -2.26. The van der Waals surface area contributed by atoms with Gasteiger partial charge < -0.3 is 15.5 Å². The van der Waals surface area contributed by atoms with Crippen LogP contribution in [0.2, 0.25) is 0 Å². The molecule has 3 N–H and O–H groups in total. The van der Waals surface area contributed by atoms with E-state index >= 15 is 0 Å². The smallest absolute Gasteiger partial charge is 0.123 e. The van der Waals surface area contributed by atoms with Crippen molar-refractivity contribution in [2.75, 3.05) is 13.2 Å². The van der Waals surface area contributed by atoms with Crippen LogP contribution in [0.1, 0.15) is 38.8 Å². The summed E-state index contributed by atoms with van der Waals surface area (Å²) >= 11 is 0. The van der Waals surface area contributed by atoms with Crippen LogP contribution in [0.4, 0.5) is 4.39 Å². The van der Waals surface area contributed by atoms with Crippen molar-refractivity contribution in [2.24, 2.45) is 5.41 Å². The third-order valence-corrected chi connectivity index (χ3v) is 3.13. The molecule has 0 aromatic heterocycles. The summed E-state index contributed by atoms with van der Waals surface area (Å²) in [5.74, 6) is -0.262. The lowest BCUT2D eigenvalue weighted by molar-refractivity contribution is 0.203. The summed E-state index contributed by atoms with van der Waals surface area (Å²) in [6.07, 6.45) is 0.696. The van der Waals surface area contributed by atoms with E-state index in [0.717, 1.165) is 0 Å². The summed E-state index contributed by atoms with van der Waals surface area (Å²) < 4.78 is 13.1. The molecule has 0 fully saturated rings. The highest BCUT2D eigenvalue weighted by Crippen LogP contribution is 2.26. The van der Waals surface area contributed by atoms with E-state index in [2.05, 4.69) is 5.32 Å². The Morgan fingerprint density at radius 2 is 2.06 bits per heavy atom. The summed E-state index contributed by atoms with van der Waals surface area (Å²) in [5, 5.41) is 21.9. The Morgan fingerprint density at radius 3 is 2.67 bits per heavy atom. The minimum absolute atomic E-state index is 0.0358. The highest BCUT2D eigenvalue weighted by molar-refractivity contribution is 5.34. The number of hydrogen-bond acceptors (Lipinski definition) is 3. The van der Waals surface area contributed by atoms with Gasteiger partial charge in [-0.25, -0.2) is 4.39 Å². The first-order chi connectivity index (χ1) is 8.35. The Bertz CT molecular complexity index is 393. The first-order valence-electron chi connectivity index (χ1n) is 6.18. The SMILES string of the molecule is CC(NCC(C)(C)CCO)c1cc(F)ccc1O. The summed E-state index contributed by atoms with van der Waals surface area (Å²) in [6.45, 7) is 6.81. The number of aromatic hydroxyl groups is 1. The number of aliphatic hydroxyl groups excluding tert-OH is 1. The van der Waals surface area contributed by atoms with Crippen molar-refractivity contribution < 1.29 is 14.6 Å². The predicted molar refractivity (Wildman–Crippen MR) is 70.0 cm³/mol. The van der Waals surface area contributed by atoms with E-state index in [1.54, 1.807) is 0 Å². The number of benzene rings is 1. The second-order valence-corrected chi connectivity index (χ2v) is 5.44. The van der Waals surface area contributed by atoms with Crippen molar-refractivity contribution in [1.82, 2.24) is 5.32 Å². The molecule has 102 valence electrons. The van der Waals surface area contributed by atoms with Gasteiger partial charge in [-0.15, -0.1) is 0 Å². The van der Waals surface area contributed by atoms with Crippen LogP contribution in [0.5, 0.6) is 5.75 Å². The molecule has 0 radical (unpaired) electrons. The first-order valence-corrected chi connectivity index (χ1v) is 6.18. The Morgan fingerprint density at radius 1 is 1.39 bits per heavy atom. The van der Waals surface area contributed by atoms with Gasteiger partial charge in [0.05, 0.1) is 0 Å². The molecule has 1 aromatic carbocycles. The number of nitrogens with one attached hydrogen (secondary N) is 1. The molecule has 0 amide bonds. The van der Waals surface area contributed by atoms with Gasteiger partial charge >= 0.3 is 0 Å². The van der Waals surface area contributed by atoms with Gasteiger partial charge in [-0.1, -0.05) is 13.8 Å². The average Bonchev–Trinajstić information content (AvgIpc) is 2.29. The standard InChI is InChI=1S/C14H22FNO2/c1-10(16-9-14(2,3)6-7-17)12-8-11(15)4-5-13(12)18/h4-5,8,10,16-18H,6-7,9H2,1-3H3. The van der Waals surface area contributed by atoms with E-state index in [9.17, 15) is 9.50 Å². The summed E-state index contributed by atoms with van der Waals surface area (Å²) in [5.41, 5.74) is 0.515. The van der Waals surface area contributed by atoms with Gasteiger partial charge in [-0.3, -0.25) is 0 Å². The largest absolute Gasteiger partial charge is 0.508 e. The number of hydrogen-bond donors (Lipinski definition) is 3. The lowest BCUT2D eigenvalue weighted by Crippen LogP contribution is -2.32. The quantitative estimate of drug-likeness (QED) is 0.732. The molecule has 0 aliphatic heterocycles. The molecule has 0 heterocycles. The van der Waals surface area contributed by atoms with Crippen LogP contribution in [0.15, 0.2) is 18.2 Å². The van der Waals surface area contributed by atoms with Crippen molar-refractivity contribution in [2.45, 2.75) is 33.2 Å². The third-order valence-electron chi connectivity index (χ3n) is 3.13. The first kappa shape index (κ1) is 14.9. The second-order valence-electron chi connectivity index (χ2n) is 5.44. The van der Waals surface area contributed by atoms with Crippen molar-refractivity contribution in [3.63, 3.8) is 0 Å². The molecule has 0 aliphatic carbocycles. The van der Waals surface area contributed by atoms with Crippen LogP contribution in [0.25, 0.3) is 0 Å². The molecular weight excluding hydrogens is 233 g/mol. The molecule has 0 saturated carbocycles. The van der Waals surface area contributed by atoms with Crippen LogP contribution in [-0.2, 0) is 0 Å². The Kier molecular flexibility index (Phi) is 5.11. The van der Waals surface area contributed by atoms with Gasteiger partial charge in [0, 0.05) is 24.8 Å². The van der Waals surface area contributed by atoms with E-state index in [4.69, 9.17) is 5.11 Å². The van der Waals surface area contributed by atoms with Crippen molar-refractivity contribution in [1.29, 1.82) is 0 Å². The van der Waals surface area contributed by atoms with Crippen LogP contribution >= 0.6 is 0 Å². The van der Waals surface area contributed by atoms with Gasteiger partial charge in [0.2, 0.25) is 0 Å². The Labute approximate surface area is 108 Å². The van der Waals surface area contributed by atoms with Gasteiger partial charge in [-0.2, -0.15) is 0 Å². The maximum Gasteiger partial charge on any atom is 0.123 e. The van der Waals surface area contributed by atoms with Gasteiger partial charge in [0.25, 0.3) is 0 Å². The van der Waals surface area contributed by atoms with Crippen LogP contribution in [0.3, 0.4) is 0 Å². The fourth-order valence-corrected chi connectivity index (χ4v) is 1.80. The van der Waals surface area contributed by atoms with Crippen LogP contribution in [-0.4, -0.2) is 23.4 Å². The molecule has 0 bridgehead atoms. The lowest BCUT2D eigenvalue weighted by atomic mass is 9.89. The zero-order valence-electron chi connectivity index (χ0n) is 11.2. The predicted octanol–water partition coefficient (Wildman–Crippen LogP) is 2.59. The van der Waals surface area contributed by atoms with E-state index in [0.29, 0.717) is 18.5 Å². The summed E-state index contributed by atoms with van der Waals surface area (Å²) in [4.78, 5) is 0. The molecule has 0 saturated heterocycles. The van der Waals surface area contributed by atoms with Gasteiger partial charge in [0.15, 0.2) is 0 Å². The highest BCUT2D eigenvalue weighted by atomic mass is 19.1. The fourth-order valence-electron chi connectivity index (χ4n) is 1.80. The monoisotopic (exact) mass is 255 g/mol. The second kappa shape index (κ2) is 6.16. The van der Waals surface area contributed by atoms with Gasteiger partial charge in [0.1, 0.15) is 11.6 Å². The van der Waals surface area contributed by atoms with Crippen LogP contribution in [0, 0.1) is 11.2 Å². The molecule has 1 unspecified atom stereocenters. The molecule has 1 rings (SSSR count). The number of aliphatic hydroxyl groups is 1. The number of halogens is 1. The molecule has 0 aliphatic rings. The highest BCUT2D eigenvalue weighted by Gasteiger charge is 2.19. The van der Waals surface area contributed by atoms with E-state index in [1.165, 1.54) is 18.2 Å². The van der Waals surface area contributed by atoms with Crippen molar-refractivity contribution >= 4 is 0 Å². The number of phenolic OH excluding ortho intramolecular Hbond substituents is 1. The normalized spacial score (nSPS) is 13.6. The van der Waals surface area contributed by atoms with E-state index in [1.807, 2.05) is 20.8 Å². The fraction of sp³-hybridized carbons (Fsp3) is 0.571. The Balaban J connectivity index is 2.65. The molecule has 1 atom stereocenters. The van der Waals surface area contributed by atoms with Crippen LogP contribution < -0.4 is 5.32 Å². The van der Waals surface area contributed by atoms with Gasteiger partial charge in [-0.05, 0) is 37.0 Å². The van der Waals surface area contributed by atoms with Crippen molar-refractivity contribution in [3.05, 3.63) is 29.6 Å². The zero-order chi connectivity index (χ0) is 13.8. The average molecular weight is 255 g/mol. The maximum absolute atomic E-state index is 13.1. The minimum atomic E-state index is -0.355. The number of rotatable bonds is 6. The number of phenols is 1. The van der Waals surface area contributed by atoms with E-state index in [-0.39, 0.29) is 29.6 Å². The minimum Gasteiger partial charge on any atom is -0.508 e. The maximum atomic E-state index is 13.1. The summed E-state index contributed by atoms with van der Waals surface area (Å²) in [7, 11) is 0. The molecule has 4 heteroatoms. The summed E-state index contributed by atoms with van der Waals surface area (Å²) in [6, 6.07) is 3.80. The zero-order valence-corrected chi connectivity index (χ0v) is 11.2. The third kappa shape index (κ3) is 4.27. The Hall–Kier alpha value is -1.13. The molecule has 18 heavy (non-hydrogen) atoms. The molecule has 0 spiro atoms. The van der Waals surface area contributed by atoms with Crippen molar-refractivity contribution in [3.8, 4) is 5.75 Å². The molecule has 1 aromatic rings. The molecule has 3 nitrogen and oxygen atoms in total.